The number of nitrogens with two attached hydrogens (primary N) is 1. The molecule has 0 atom stereocenters. The Morgan fingerprint density at radius 3 is 2.82 bits per heavy atom. The summed E-state index contributed by atoms with van der Waals surface area (Å²) in [6.45, 7) is 0. The van der Waals surface area contributed by atoms with Crippen LogP contribution in [0, 0.1) is 12.3 Å². The maximum Gasteiger partial charge on any atom is 0.104 e. The van der Waals surface area contributed by atoms with E-state index in [-0.39, 0.29) is 0 Å². The van der Waals surface area contributed by atoms with Gasteiger partial charge in [0.1, 0.15) is 4.99 Å². The summed E-state index contributed by atoms with van der Waals surface area (Å²) in [5.41, 5.74) is 7.02. The summed E-state index contributed by atoms with van der Waals surface area (Å²) in [5, 5.41) is 0. The van der Waals surface area contributed by atoms with Crippen LogP contribution in [0.15, 0.2) is 24.3 Å². The number of hydrogen-bond donors (Lipinski definition) is 1. The van der Waals surface area contributed by atoms with Gasteiger partial charge in [-0.25, -0.2) is 0 Å². The van der Waals surface area contributed by atoms with Gasteiger partial charge in [-0.3, -0.25) is 0 Å². The quantitative estimate of drug-likeness (QED) is 0.496. The van der Waals surface area contributed by atoms with Gasteiger partial charge in [0.05, 0.1) is 0 Å². The van der Waals surface area contributed by atoms with Crippen LogP contribution in [0.2, 0.25) is 0 Å². The molecule has 0 amide bonds. The number of hydrogen-bond acceptors (Lipinski definition) is 1. The van der Waals surface area contributed by atoms with E-state index in [0.717, 1.165) is 11.1 Å². The van der Waals surface area contributed by atoms with E-state index in [4.69, 9.17) is 24.4 Å². The van der Waals surface area contributed by atoms with Crippen LogP contribution in [0.5, 0.6) is 0 Å². The molecule has 0 heterocycles. The van der Waals surface area contributed by atoms with Gasteiger partial charge in [0.15, 0.2) is 0 Å². The minimum atomic E-state index is 0.377. The van der Waals surface area contributed by atoms with Crippen molar-refractivity contribution >= 4 is 17.2 Å². The van der Waals surface area contributed by atoms with Crippen LogP contribution >= 0.6 is 12.2 Å². The standard InChI is InChI=1S/C9H7NS/c1-2-7-4-3-5-8(6-7)9(10)11/h1,3-6H,(H2,10,11). The Morgan fingerprint density at radius 1 is 1.55 bits per heavy atom. The summed E-state index contributed by atoms with van der Waals surface area (Å²) in [7, 11) is 0. The van der Waals surface area contributed by atoms with E-state index in [0.29, 0.717) is 4.99 Å². The number of thiocarbonyl (C=S) groups is 1. The molecule has 1 nitrogen and oxygen atoms in total. The second kappa shape index (κ2) is 3.18. The highest BCUT2D eigenvalue weighted by Crippen LogP contribution is 2.02. The number of benzene rings is 1. The minimum absolute atomic E-state index is 0.377. The Morgan fingerprint density at radius 2 is 2.27 bits per heavy atom. The first-order chi connectivity index (χ1) is 5.24. The van der Waals surface area contributed by atoms with Crippen LogP contribution in [0.3, 0.4) is 0 Å². The fourth-order valence-corrected chi connectivity index (χ4v) is 0.889. The van der Waals surface area contributed by atoms with Crippen LogP contribution in [-0.2, 0) is 0 Å². The summed E-state index contributed by atoms with van der Waals surface area (Å²) in [4.78, 5) is 0.377. The second-order valence-corrected chi connectivity index (χ2v) is 2.53. The minimum Gasteiger partial charge on any atom is -0.389 e. The summed E-state index contributed by atoms with van der Waals surface area (Å²) < 4.78 is 0. The first kappa shape index (κ1) is 7.77. The van der Waals surface area contributed by atoms with Crippen molar-refractivity contribution in [2.45, 2.75) is 0 Å². The molecule has 1 rings (SSSR count). The van der Waals surface area contributed by atoms with Gasteiger partial charge < -0.3 is 5.73 Å². The lowest BCUT2D eigenvalue weighted by Gasteiger charge is -1.96. The van der Waals surface area contributed by atoms with Crippen LogP contribution in [0.1, 0.15) is 11.1 Å². The average Bonchev–Trinajstić information content (AvgIpc) is 2.05. The van der Waals surface area contributed by atoms with Gasteiger partial charge in [0.2, 0.25) is 0 Å². The Bertz CT molecular complexity index is 323. The molecule has 2 heteroatoms. The molecule has 1 aromatic rings. The Balaban J connectivity index is 3.13. The van der Waals surface area contributed by atoms with Gasteiger partial charge >= 0.3 is 0 Å². The van der Waals surface area contributed by atoms with Crippen molar-refractivity contribution in [2.75, 3.05) is 0 Å². The van der Waals surface area contributed by atoms with E-state index < -0.39 is 0 Å². The van der Waals surface area contributed by atoms with Crippen LogP contribution in [0.4, 0.5) is 0 Å². The molecule has 2 N–H and O–H groups in total. The molecule has 0 aliphatic heterocycles. The van der Waals surface area contributed by atoms with Crippen LogP contribution in [0.25, 0.3) is 0 Å². The summed E-state index contributed by atoms with van der Waals surface area (Å²) in [6.07, 6.45) is 5.18. The largest absolute Gasteiger partial charge is 0.389 e. The van der Waals surface area contributed by atoms with E-state index in [9.17, 15) is 0 Å². The highest BCUT2D eigenvalue weighted by Gasteiger charge is 1.94. The van der Waals surface area contributed by atoms with E-state index in [1.807, 2.05) is 18.2 Å². The lowest BCUT2D eigenvalue weighted by atomic mass is 10.1. The summed E-state index contributed by atoms with van der Waals surface area (Å²) in [6, 6.07) is 7.30. The SMILES string of the molecule is C#Cc1cccc(C(N)=S)c1. The fourth-order valence-electron chi connectivity index (χ4n) is 0.762. The zero-order chi connectivity index (χ0) is 8.27. The van der Waals surface area contributed by atoms with E-state index in [2.05, 4.69) is 5.92 Å². The molecule has 11 heavy (non-hydrogen) atoms. The van der Waals surface area contributed by atoms with Gasteiger partial charge in [0.25, 0.3) is 0 Å². The lowest BCUT2D eigenvalue weighted by Crippen LogP contribution is -2.08. The van der Waals surface area contributed by atoms with Gasteiger partial charge in [-0.15, -0.1) is 6.42 Å². The van der Waals surface area contributed by atoms with Crippen LogP contribution < -0.4 is 5.73 Å². The van der Waals surface area contributed by atoms with Crippen molar-refractivity contribution in [2.24, 2.45) is 5.73 Å². The van der Waals surface area contributed by atoms with Gasteiger partial charge in [-0.2, -0.15) is 0 Å². The molecule has 0 saturated heterocycles. The van der Waals surface area contributed by atoms with Crippen molar-refractivity contribution in [1.29, 1.82) is 0 Å². The van der Waals surface area contributed by atoms with Crippen LogP contribution in [-0.4, -0.2) is 4.99 Å². The van der Waals surface area contributed by atoms with E-state index >= 15 is 0 Å². The molecule has 0 saturated carbocycles. The maximum absolute atomic E-state index is 5.40. The molecular weight excluding hydrogens is 154 g/mol. The molecule has 0 unspecified atom stereocenters. The zero-order valence-electron chi connectivity index (χ0n) is 5.87. The Hall–Kier alpha value is -1.33. The van der Waals surface area contributed by atoms with E-state index in [1.54, 1.807) is 6.07 Å². The van der Waals surface area contributed by atoms with Crippen molar-refractivity contribution in [1.82, 2.24) is 0 Å². The monoisotopic (exact) mass is 161 g/mol. The number of terminal acetylenes is 1. The molecule has 0 aliphatic carbocycles. The fraction of sp³-hybridized carbons (Fsp3) is 0. The summed E-state index contributed by atoms with van der Waals surface area (Å²) >= 11 is 4.78. The Labute approximate surface area is 71.2 Å². The van der Waals surface area contributed by atoms with E-state index in [1.165, 1.54) is 0 Å². The van der Waals surface area contributed by atoms with Gasteiger partial charge in [-0.1, -0.05) is 30.3 Å². The molecule has 0 spiro atoms. The maximum atomic E-state index is 5.40. The third-order valence-corrected chi connectivity index (χ3v) is 1.55. The smallest absolute Gasteiger partial charge is 0.104 e. The molecule has 1 aromatic carbocycles. The predicted molar refractivity (Wildman–Crippen MR) is 50.3 cm³/mol. The highest BCUT2D eigenvalue weighted by atomic mass is 32.1. The lowest BCUT2D eigenvalue weighted by molar-refractivity contribution is 1.59. The molecular formula is C9H7NS. The number of rotatable bonds is 1. The van der Waals surface area contributed by atoms with Crippen molar-refractivity contribution in [3.63, 3.8) is 0 Å². The molecule has 0 aliphatic rings. The molecule has 0 aromatic heterocycles. The van der Waals surface area contributed by atoms with Crippen molar-refractivity contribution in [3.05, 3.63) is 35.4 Å². The van der Waals surface area contributed by atoms with Crippen molar-refractivity contribution < 1.29 is 0 Å². The Kier molecular flexibility index (Phi) is 2.25. The molecule has 0 radical (unpaired) electrons. The predicted octanol–water partition coefficient (Wildman–Crippen LogP) is 1.30. The third-order valence-electron chi connectivity index (χ3n) is 1.31. The first-order valence-electron chi connectivity index (χ1n) is 3.10. The summed E-state index contributed by atoms with van der Waals surface area (Å²) in [5.74, 6) is 2.51. The van der Waals surface area contributed by atoms with Gasteiger partial charge in [-0.05, 0) is 12.1 Å². The van der Waals surface area contributed by atoms with Gasteiger partial charge in [0, 0.05) is 11.1 Å². The third kappa shape index (κ3) is 1.79. The average molecular weight is 161 g/mol. The second-order valence-electron chi connectivity index (χ2n) is 2.09. The molecule has 54 valence electrons. The topological polar surface area (TPSA) is 26.0 Å². The van der Waals surface area contributed by atoms with Crippen molar-refractivity contribution in [3.8, 4) is 12.3 Å². The molecule has 0 bridgehead atoms. The zero-order valence-corrected chi connectivity index (χ0v) is 6.69. The normalized spacial score (nSPS) is 8.64. The first-order valence-corrected chi connectivity index (χ1v) is 3.51. The molecule has 0 fully saturated rings. The highest BCUT2D eigenvalue weighted by molar-refractivity contribution is 7.80.